The van der Waals surface area contributed by atoms with Crippen LogP contribution in [0.1, 0.15) is 73.1 Å². The molecular weight excluding hydrogens is 288 g/mol. The van der Waals surface area contributed by atoms with Crippen LogP contribution in [0.3, 0.4) is 0 Å². The van der Waals surface area contributed by atoms with E-state index >= 15 is 0 Å². The van der Waals surface area contributed by atoms with Crippen molar-refractivity contribution in [3.05, 3.63) is 0 Å². The Hall–Kier alpha value is -1.06. The summed E-state index contributed by atoms with van der Waals surface area (Å²) in [5.41, 5.74) is 0.447. The molecule has 2 amide bonds. The number of carbonyl (C=O) groups is 2. The Balaban J connectivity index is 1.77. The maximum Gasteiger partial charge on any atom is 0.312 e. The highest BCUT2D eigenvalue weighted by Crippen LogP contribution is 2.52. The van der Waals surface area contributed by atoms with Crippen molar-refractivity contribution in [2.24, 2.45) is 10.8 Å². The third-order valence-electron chi connectivity index (χ3n) is 6.29. The summed E-state index contributed by atoms with van der Waals surface area (Å²) in [6, 6.07) is 0.615. The van der Waals surface area contributed by atoms with Crippen molar-refractivity contribution in [2.45, 2.75) is 91.3 Å². The first-order chi connectivity index (χ1) is 10.6. The molecule has 0 spiro atoms. The standard InChI is InChI=1S/C19H32N2O2/c1-13-7-6-8-14(2)21(13)17(23)16(22)20-12-19(5)10-15(20)9-18(3,4)11-19/h13-15H,6-12H2,1-5H3. The number of fused-ring (bicyclic) bond motifs is 2. The van der Waals surface area contributed by atoms with E-state index in [4.69, 9.17) is 0 Å². The molecule has 3 aliphatic rings. The maximum atomic E-state index is 13.0. The van der Waals surface area contributed by atoms with Crippen LogP contribution in [-0.4, -0.2) is 46.3 Å². The van der Waals surface area contributed by atoms with E-state index in [2.05, 4.69) is 34.6 Å². The molecule has 3 rings (SSSR count). The van der Waals surface area contributed by atoms with Gasteiger partial charge in [-0.1, -0.05) is 20.8 Å². The van der Waals surface area contributed by atoms with Gasteiger partial charge in [-0.05, 0) is 63.2 Å². The number of piperidine rings is 1. The summed E-state index contributed by atoms with van der Waals surface area (Å²) in [6.07, 6.45) is 6.40. The van der Waals surface area contributed by atoms with Crippen LogP contribution in [0.5, 0.6) is 0 Å². The third-order valence-corrected chi connectivity index (χ3v) is 6.29. The van der Waals surface area contributed by atoms with E-state index in [1.807, 2.05) is 9.80 Å². The lowest BCUT2D eigenvalue weighted by molar-refractivity contribution is -0.156. The van der Waals surface area contributed by atoms with Gasteiger partial charge in [0.25, 0.3) is 0 Å². The molecule has 0 N–H and O–H groups in total. The summed E-state index contributed by atoms with van der Waals surface area (Å²) in [4.78, 5) is 29.6. The van der Waals surface area contributed by atoms with Crippen LogP contribution in [0.4, 0.5) is 0 Å². The van der Waals surface area contributed by atoms with Gasteiger partial charge < -0.3 is 9.80 Å². The Bertz CT molecular complexity index is 505. The van der Waals surface area contributed by atoms with Gasteiger partial charge in [0.05, 0.1) is 0 Å². The molecule has 0 aromatic carbocycles. The van der Waals surface area contributed by atoms with Crippen molar-refractivity contribution in [1.29, 1.82) is 0 Å². The Labute approximate surface area is 140 Å². The van der Waals surface area contributed by atoms with Crippen molar-refractivity contribution in [3.8, 4) is 0 Å². The van der Waals surface area contributed by atoms with Crippen molar-refractivity contribution in [1.82, 2.24) is 9.80 Å². The van der Waals surface area contributed by atoms with E-state index in [9.17, 15) is 9.59 Å². The van der Waals surface area contributed by atoms with Crippen LogP contribution in [0, 0.1) is 10.8 Å². The highest BCUT2D eigenvalue weighted by Gasteiger charge is 2.52. The Morgan fingerprint density at radius 2 is 1.57 bits per heavy atom. The van der Waals surface area contributed by atoms with E-state index in [-0.39, 0.29) is 40.8 Å². The second kappa shape index (κ2) is 5.49. The average molecular weight is 320 g/mol. The first-order valence-corrected chi connectivity index (χ1v) is 9.25. The quantitative estimate of drug-likeness (QED) is 0.643. The smallest absolute Gasteiger partial charge is 0.312 e. The minimum Gasteiger partial charge on any atom is -0.331 e. The molecule has 0 aromatic heterocycles. The molecule has 0 aromatic rings. The van der Waals surface area contributed by atoms with Crippen LogP contribution in [0.25, 0.3) is 0 Å². The average Bonchev–Trinajstić information content (AvgIpc) is 2.66. The molecule has 23 heavy (non-hydrogen) atoms. The predicted octanol–water partition coefficient (Wildman–Crippen LogP) is 3.20. The predicted molar refractivity (Wildman–Crippen MR) is 90.9 cm³/mol. The second-order valence-corrected chi connectivity index (χ2v) is 9.49. The SMILES string of the molecule is CC1CCCC(C)N1C(=O)C(=O)N1CC2(C)CC1CC(C)(C)C2. The van der Waals surface area contributed by atoms with Gasteiger partial charge in [0.15, 0.2) is 0 Å². The molecule has 4 atom stereocenters. The molecule has 1 aliphatic carbocycles. The van der Waals surface area contributed by atoms with Crippen molar-refractivity contribution < 1.29 is 9.59 Å². The highest BCUT2D eigenvalue weighted by molar-refractivity contribution is 6.35. The zero-order chi connectivity index (χ0) is 17.0. The number of nitrogens with zero attached hydrogens (tertiary/aromatic N) is 2. The van der Waals surface area contributed by atoms with E-state index in [0.717, 1.165) is 45.1 Å². The van der Waals surface area contributed by atoms with Gasteiger partial charge in [0.1, 0.15) is 0 Å². The summed E-state index contributed by atoms with van der Waals surface area (Å²) in [6.45, 7) is 11.8. The van der Waals surface area contributed by atoms with Crippen molar-refractivity contribution in [2.75, 3.05) is 6.54 Å². The molecule has 1 saturated carbocycles. The Morgan fingerprint density at radius 1 is 0.957 bits per heavy atom. The Kier molecular flexibility index (Phi) is 4.01. The van der Waals surface area contributed by atoms with Gasteiger partial charge in [0.2, 0.25) is 0 Å². The minimum absolute atomic E-state index is 0.182. The third kappa shape index (κ3) is 3.01. The summed E-state index contributed by atoms with van der Waals surface area (Å²) < 4.78 is 0. The first kappa shape index (κ1) is 16.8. The number of rotatable bonds is 0. The van der Waals surface area contributed by atoms with Gasteiger partial charge in [-0.2, -0.15) is 0 Å². The number of likely N-dealkylation sites (tertiary alicyclic amines) is 2. The molecular formula is C19H32N2O2. The fourth-order valence-corrected chi connectivity index (χ4v) is 5.75. The summed E-state index contributed by atoms with van der Waals surface area (Å²) in [5.74, 6) is -0.518. The molecule has 130 valence electrons. The van der Waals surface area contributed by atoms with Gasteiger partial charge in [0, 0.05) is 24.7 Å². The fourth-order valence-electron chi connectivity index (χ4n) is 5.75. The summed E-state index contributed by atoms with van der Waals surface area (Å²) >= 11 is 0. The monoisotopic (exact) mass is 320 g/mol. The molecule has 2 heterocycles. The van der Waals surface area contributed by atoms with E-state index < -0.39 is 0 Å². The molecule has 4 unspecified atom stereocenters. The van der Waals surface area contributed by atoms with Crippen LogP contribution < -0.4 is 0 Å². The zero-order valence-corrected chi connectivity index (χ0v) is 15.4. The molecule has 2 saturated heterocycles. The minimum atomic E-state index is -0.265. The largest absolute Gasteiger partial charge is 0.331 e. The second-order valence-electron chi connectivity index (χ2n) is 9.49. The van der Waals surface area contributed by atoms with Gasteiger partial charge in [-0.3, -0.25) is 9.59 Å². The van der Waals surface area contributed by atoms with E-state index in [1.54, 1.807) is 0 Å². The number of hydrogen-bond donors (Lipinski definition) is 0. The van der Waals surface area contributed by atoms with Crippen molar-refractivity contribution >= 4 is 11.8 Å². The summed E-state index contributed by atoms with van der Waals surface area (Å²) in [5, 5.41) is 0. The number of carbonyl (C=O) groups excluding carboxylic acids is 2. The van der Waals surface area contributed by atoms with E-state index in [0.29, 0.717) is 0 Å². The molecule has 3 fully saturated rings. The topological polar surface area (TPSA) is 40.6 Å². The van der Waals surface area contributed by atoms with Crippen LogP contribution in [0.2, 0.25) is 0 Å². The lowest BCUT2D eigenvalue weighted by Gasteiger charge is -2.40. The first-order valence-electron chi connectivity index (χ1n) is 9.25. The fraction of sp³-hybridized carbons (Fsp3) is 0.895. The molecule has 0 radical (unpaired) electrons. The van der Waals surface area contributed by atoms with Gasteiger partial charge in [-0.25, -0.2) is 0 Å². The van der Waals surface area contributed by atoms with Gasteiger partial charge in [-0.15, -0.1) is 0 Å². The maximum absolute atomic E-state index is 13.0. The zero-order valence-electron chi connectivity index (χ0n) is 15.4. The molecule has 4 heteroatoms. The van der Waals surface area contributed by atoms with Crippen LogP contribution in [0.15, 0.2) is 0 Å². The van der Waals surface area contributed by atoms with Crippen molar-refractivity contribution in [3.63, 3.8) is 0 Å². The summed E-state index contributed by atoms with van der Waals surface area (Å²) in [7, 11) is 0. The van der Waals surface area contributed by atoms with Gasteiger partial charge >= 0.3 is 11.8 Å². The normalized spacial score (nSPS) is 39.4. The van der Waals surface area contributed by atoms with Crippen LogP contribution >= 0.6 is 0 Å². The Morgan fingerprint density at radius 3 is 2.17 bits per heavy atom. The molecule has 2 bridgehead atoms. The van der Waals surface area contributed by atoms with Crippen LogP contribution in [-0.2, 0) is 9.59 Å². The lowest BCUT2D eigenvalue weighted by Crippen LogP contribution is -2.54. The highest BCUT2D eigenvalue weighted by atomic mass is 16.2. The molecule has 4 nitrogen and oxygen atoms in total. The van der Waals surface area contributed by atoms with E-state index in [1.165, 1.54) is 0 Å². The molecule has 2 aliphatic heterocycles. The lowest BCUT2D eigenvalue weighted by atomic mass is 9.65. The number of hydrogen-bond acceptors (Lipinski definition) is 2. The number of amides is 2.